The molecule has 5 rings (SSSR count). The van der Waals surface area contributed by atoms with Gasteiger partial charge in [0, 0.05) is 5.71 Å². The van der Waals surface area contributed by atoms with E-state index in [9.17, 15) is 4.79 Å². The van der Waals surface area contributed by atoms with Gasteiger partial charge in [0.05, 0.1) is 0 Å². The highest BCUT2D eigenvalue weighted by Crippen LogP contribution is 2.52. The molecule has 0 unspecified atom stereocenters. The lowest BCUT2D eigenvalue weighted by Crippen LogP contribution is -2.46. The fourth-order valence-corrected chi connectivity index (χ4v) is 5.21. The minimum atomic E-state index is -0.175. The number of carbonyl (C=O) groups is 1. The summed E-state index contributed by atoms with van der Waals surface area (Å²) in [4.78, 5) is 12.1. The number of nitrogens with one attached hydrogen (secondary N) is 1. The average molecular weight is 354 g/mol. The highest BCUT2D eigenvalue weighted by atomic mass is 16.5. The topological polar surface area (TPSA) is 50.7 Å². The van der Waals surface area contributed by atoms with Crippen LogP contribution in [-0.2, 0) is 10.2 Å². The van der Waals surface area contributed by atoms with Gasteiger partial charge in [-0.1, -0.05) is 32.9 Å². The molecule has 0 heterocycles. The molecule has 0 radical (unpaired) electrons. The second-order valence-corrected chi connectivity index (χ2v) is 9.44. The van der Waals surface area contributed by atoms with E-state index < -0.39 is 0 Å². The normalized spacial score (nSPS) is 29.6. The van der Waals surface area contributed by atoms with Crippen molar-refractivity contribution >= 4 is 11.6 Å². The number of hydrazone groups is 1. The zero-order valence-electron chi connectivity index (χ0n) is 16.1. The van der Waals surface area contributed by atoms with Gasteiger partial charge in [0.2, 0.25) is 0 Å². The van der Waals surface area contributed by atoms with Gasteiger partial charge in [-0.2, -0.15) is 5.10 Å². The molecule has 1 amide bonds. The third kappa shape index (κ3) is 3.65. The maximum atomic E-state index is 12.1. The van der Waals surface area contributed by atoms with E-state index >= 15 is 0 Å². The predicted octanol–water partition coefficient (Wildman–Crippen LogP) is 4.29. The highest BCUT2D eigenvalue weighted by molar-refractivity contribution is 5.92. The Morgan fingerprint density at radius 3 is 2.15 bits per heavy atom. The molecule has 1 N–H and O–H groups in total. The molecule has 0 aliphatic heterocycles. The molecule has 0 aromatic heterocycles. The molecule has 26 heavy (non-hydrogen) atoms. The molecule has 4 aliphatic carbocycles. The number of nitrogens with zero attached hydrogens (tertiary/aromatic N) is 1. The Labute approximate surface area is 156 Å². The van der Waals surface area contributed by atoms with Crippen LogP contribution in [0, 0.1) is 23.7 Å². The summed E-state index contributed by atoms with van der Waals surface area (Å²) in [6, 6.07) is 7.97. The van der Waals surface area contributed by atoms with E-state index in [0.29, 0.717) is 11.8 Å². The van der Waals surface area contributed by atoms with Gasteiger partial charge in [0.1, 0.15) is 5.75 Å². The highest BCUT2D eigenvalue weighted by Gasteiger charge is 2.46. The molecule has 4 heteroatoms. The Kier molecular flexibility index (Phi) is 4.54. The van der Waals surface area contributed by atoms with Crippen LogP contribution >= 0.6 is 0 Å². The molecule has 4 nitrogen and oxygen atoms in total. The van der Waals surface area contributed by atoms with Gasteiger partial charge in [0.25, 0.3) is 5.91 Å². The average Bonchev–Trinajstić information content (AvgIpc) is 2.58. The maximum Gasteiger partial charge on any atom is 0.277 e. The molecule has 0 spiro atoms. The van der Waals surface area contributed by atoms with Crippen LogP contribution in [0.1, 0.15) is 58.4 Å². The van der Waals surface area contributed by atoms with Crippen molar-refractivity contribution in [1.29, 1.82) is 0 Å². The molecule has 0 atom stereocenters. The lowest BCUT2D eigenvalue weighted by Gasteiger charge is -2.50. The molecular weight excluding hydrogens is 324 g/mol. The summed E-state index contributed by atoms with van der Waals surface area (Å²) in [5.41, 5.74) is 5.36. The van der Waals surface area contributed by atoms with Gasteiger partial charge >= 0.3 is 0 Å². The lowest BCUT2D eigenvalue weighted by atomic mass is 9.55. The summed E-state index contributed by atoms with van der Waals surface area (Å²) >= 11 is 0. The Morgan fingerprint density at radius 1 is 1.04 bits per heavy atom. The van der Waals surface area contributed by atoms with Crippen LogP contribution in [0.15, 0.2) is 29.4 Å². The Morgan fingerprint density at radius 2 is 1.62 bits per heavy atom. The molecule has 1 aromatic rings. The first-order chi connectivity index (χ1) is 12.4. The van der Waals surface area contributed by atoms with E-state index in [1.807, 2.05) is 12.1 Å². The van der Waals surface area contributed by atoms with Crippen molar-refractivity contribution in [3.63, 3.8) is 0 Å². The van der Waals surface area contributed by atoms with Crippen LogP contribution in [0.25, 0.3) is 0 Å². The van der Waals surface area contributed by atoms with Crippen molar-refractivity contribution in [3.05, 3.63) is 29.8 Å². The monoisotopic (exact) mass is 354 g/mol. The fraction of sp³-hybridized carbons (Fsp3) is 0.636. The zero-order valence-corrected chi connectivity index (χ0v) is 16.1. The molecule has 4 fully saturated rings. The predicted molar refractivity (Wildman–Crippen MR) is 103 cm³/mol. The van der Waals surface area contributed by atoms with Crippen molar-refractivity contribution in [1.82, 2.24) is 5.43 Å². The summed E-state index contributed by atoms with van der Waals surface area (Å²) in [7, 11) is 0. The zero-order chi connectivity index (χ0) is 18.3. The first kappa shape index (κ1) is 17.6. The van der Waals surface area contributed by atoms with Crippen LogP contribution < -0.4 is 10.2 Å². The number of amides is 1. The van der Waals surface area contributed by atoms with Crippen molar-refractivity contribution in [3.8, 4) is 5.75 Å². The van der Waals surface area contributed by atoms with E-state index in [4.69, 9.17) is 4.74 Å². The smallest absolute Gasteiger partial charge is 0.277 e. The van der Waals surface area contributed by atoms with Crippen molar-refractivity contribution in [2.24, 2.45) is 28.8 Å². The van der Waals surface area contributed by atoms with E-state index in [1.54, 1.807) is 0 Å². The fourth-order valence-electron chi connectivity index (χ4n) is 5.21. The SMILES string of the molecule is CC(C)(C)c1ccc(OCC(=O)NN=C2C3CC4CC(C3)CC2C4)cc1. The van der Waals surface area contributed by atoms with Crippen LogP contribution in [0.5, 0.6) is 5.75 Å². The molecular formula is C22H30N2O2. The van der Waals surface area contributed by atoms with Gasteiger partial charge in [-0.25, -0.2) is 5.43 Å². The number of rotatable bonds is 4. The maximum absolute atomic E-state index is 12.1. The van der Waals surface area contributed by atoms with Gasteiger partial charge in [-0.05, 0) is 78.9 Å². The Bertz CT molecular complexity index is 670. The van der Waals surface area contributed by atoms with Crippen LogP contribution in [-0.4, -0.2) is 18.2 Å². The van der Waals surface area contributed by atoms with E-state index in [2.05, 4.69) is 43.4 Å². The number of carbonyl (C=O) groups excluding carboxylic acids is 1. The molecule has 4 aliphatic rings. The first-order valence-corrected chi connectivity index (χ1v) is 9.98. The Hall–Kier alpha value is -1.84. The molecule has 1 aromatic carbocycles. The number of hydrogen-bond donors (Lipinski definition) is 1. The minimum Gasteiger partial charge on any atom is -0.484 e. The molecule has 4 saturated carbocycles. The van der Waals surface area contributed by atoms with E-state index in [1.165, 1.54) is 43.4 Å². The second kappa shape index (κ2) is 6.71. The van der Waals surface area contributed by atoms with Crippen LogP contribution in [0.3, 0.4) is 0 Å². The molecule has 4 bridgehead atoms. The number of benzene rings is 1. The van der Waals surface area contributed by atoms with Gasteiger partial charge in [-0.15, -0.1) is 0 Å². The van der Waals surface area contributed by atoms with Gasteiger partial charge in [0.15, 0.2) is 6.61 Å². The summed E-state index contributed by atoms with van der Waals surface area (Å²) in [5.74, 6) is 3.58. The third-order valence-corrected chi connectivity index (χ3v) is 6.37. The second-order valence-electron chi connectivity index (χ2n) is 9.44. The van der Waals surface area contributed by atoms with Crippen molar-refractivity contribution in [2.75, 3.05) is 6.61 Å². The number of hydrogen-bond acceptors (Lipinski definition) is 3. The standard InChI is InChI=1S/C22H30N2O2/c1-22(2,3)18-4-6-19(7-5-18)26-13-20(25)23-24-21-16-9-14-8-15(11-16)12-17(21)10-14/h4-7,14-17H,8-13H2,1-3H3,(H,23,25). The summed E-state index contributed by atoms with van der Waals surface area (Å²) in [5, 5.41) is 4.52. The van der Waals surface area contributed by atoms with Crippen LogP contribution in [0.4, 0.5) is 0 Å². The van der Waals surface area contributed by atoms with Crippen LogP contribution in [0.2, 0.25) is 0 Å². The summed E-state index contributed by atoms with van der Waals surface area (Å²) in [6.45, 7) is 6.55. The van der Waals surface area contributed by atoms with Crippen molar-refractivity contribution < 1.29 is 9.53 Å². The minimum absolute atomic E-state index is 0.00618. The molecule has 0 saturated heterocycles. The summed E-state index contributed by atoms with van der Waals surface area (Å²) in [6.07, 6.45) is 6.53. The first-order valence-electron chi connectivity index (χ1n) is 9.98. The third-order valence-electron chi connectivity index (χ3n) is 6.37. The van der Waals surface area contributed by atoms with Gasteiger partial charge < -0.3 is 4.74 Å². The van der Waals surface area contributed by atoms with Gasteiger partial charge in [-0.3, -0.25) is 4.79 Å². The number of ether oxygens (including phenoxy) is 1. The van der Waals surface area contributed by atoms with E-state index in [0.717, 1.165) is 17.6 Å². The van der Waals surface area contributed by atoms with Crippen molar-refractivity contribution in [2.45, 2.75) is 58.3 Å². The lowest BCUT2D eigenvalue weighted by molar-refractivity contribution is -0.123. The summed E-state index contributed by atoms with van der Waals surface area (Å²) < 4.78 is 5.61. The Balaban J connectivity index is 1.29. The quantitative estimate of drug-likeness (QED) is 0.820. The van der Waals surface area contributed by atoms with E-state index in [-0.39, 0.29) is 17.9 Å². The molecule has 140 valence electrons. The largest absolute Gasteiger partial charge is 0.484 e.